The highest BCUT2D eigenvalue weighted by Crippen LogP contribution is 2.32. The first-order valence-electron chi connectivity index (χ1n) is 9.00. The van der Waals surface area contributed by atoms with Crippen LogP contribution in [0, 0.1) is 0 Å². The van der Waals surface area contributed by atoms with Gasteiger partial charge in [-0.05, 0) is 36.8 Å². The maximum Gasteiger partial charge on any atom is 0.222 e. The fraction of sp³-hybridized carbons (Fsp3) is 0.227. The lowest BCUT2D eigenvalue weighted by molar-refractivity contribution is -0.114. The van der Waals surface area contributed by atoms with Crippen molar-refractivity contribution in [2.24, 2.45) is 0 Å². The standard InChI is InChI=1S/C22H21N3O/c1-15(26)23-22-20(13-11-16-7-3-2-4-8-16)24-21-18-10-6-5-9-17(18)12-14-19(21)25-22/h2-10H,11-14H2,1H3,(H,23,25,26). The van der Waals surface area contributed by atoms with E-state index in [2.05, 4.69) is 35.6 Å². The first kappa shape index (κ1) is 16.5. The van der Waals surface area contributed by atoms with Gasteiger partial charge in [0.25, 0.3) is 0 Å². The Morgan fingerprint density at radius 1 is 0.962 bits per heavy atom. The number of hydrogen-bond acceptors (Lipinski definition) is 3. The molecular weight excluding hydrogens is 322 g/mol. The Hall–Kier alpha value is -3.01. The molecule has 0 radical (unpaired) electrons. The third-order valence-electron chi connectivity index (χ3n) is 4.73. The van der Waals surface area contributed by atoms with Crippen molar-refractivity contribution in [2.45, 2.75) is 32.6 Å². The molecule has 0 atom stereocenters. The van der Waals surface area contributed by atoms with Gasteiger partial charge in [0, 0.05) is 12.5 Å². The zero-order valence-electron chi connectivity index (χ0n) is 14.8. The molecule has 4 rings (SSSR count). The second-order valence-electron chi connectivity index (χ2n) is 6.64. The monoisotopic (exact) mass is 343 g/mol. The summed E-state index contributed by atoms with van der Waals surface area (Å²) in [4.78, 5) is 21.3. The van der Waals surface area contributed by atoms with Crippen LogP contribution >= 0.6 is 0 Å². The zero-order chi connectivity index (χ0) is 17.9. The molecule has 26 heavy (non-hydrogen) atoms. The van der Waals surface area contributed by atoms with Crippen LogP contribution in [-0.2, 0) is 30.5 Å². The van der Waals surface area contributed by atoms with E-state index in [1.807, 2.05) is 24.3 Å². The number of benzene rings is 2. The Morgan fingerprint density at radius 2 is 1.73 bits per heavy atom. The van der Waals surface area contributed by atoms with Gasteiger partial charge in [-0.3, -0.25) is 4.79 Å². The van der Waals surface area contributed by atoms with Crippen molar-refractivity contribution in [3.8, 4) is 11.3 Å². The van der Waals surface area contributed by atoms with Gasteiger partial charge in [-0.2, -0.15) is 0 Å². The molecule has 1 heterocycles. The molecular formula is C22H21N3O. The van der Waals surface area contributed by atoms with Crippen molar-refractivity contribution < 1.29 is 4.79 Å². The topological polar surface area (TPSA) is 54.9 Å². The molecule has 1 aromatic heterocycles. The molecule has 130 valence electrons. The molecule has 0 aliphatic heterocycles. The van der Waals surface area contributed by atoms with Crippen molar-refractivity contribution in [1.82, 2.24) is 9.97 Å². The molecule has 1 N–H and O–H groups in total. The number of carbonyl (C=O) groups excluding carboxylic acids is 1. The summed E-state index contributed by atoms with van der Waals surface area (Å²) in [6, 6.07) is 18.7. The molecule has 0 fully saturated rings. The number of rotatable bonds is 4. The SMILES string of the molecule is CC(=O)Nc1nc2c(nc1CCc1ccccc1)-c1ccccc1CC2. The molecule has 2 aromatic carbocycles. The summed E-state index contributed by atoms with van der Waals surface area (Å²) in [5.74, 6) is 0.489. The molecule has 0 saturated carbocycles. The van der Waals surface area contributed by atoms with E-state index in [4.69, 9.17) is 9.97 Å². The number of amides is 1. The third-order valence-corrected chi connectivity index (χ3v) is 4.73. The smallest absolute Gasteiger partial charge is 0.222 e. The van der Waals surface area contributed by atoms with Crippen molar-refractivity contribution in [3.63, 3.8) is 0 Å². The maximum atomic E-state index is 11.6. The van der Waals surface area contributed by atoms with Gasteiger partial charge < -0.3 is 5.32 Å². The van der Waals surface area contributed by atoms with E-state index >= 15 is 0 Å². The Bertz CT molecular complexity index is 951. The van der Waals surface area contributed by atoms with E-state index in [1.165, 1.54) is 18.1 Å². The van der Waals surface area contributed by atoms with E-state index in [0.29, 0.717) is 5.82 Å². The molecule has 0 saturated heterocycles. The van der Waals surface area contributed by atoms with Crippen LogP contribution in [0.5, 0.6) is 0 Å². The average molecular weight is 343 g/mol. The number of nitrogens with one attached hydrogen (secondary N) is 1. The predicted octanol–water partition coefficient (Wildman–Crippen LogP) is 3.99. The molecule has 4 heteroatoms. The van der Waals surface area contributed by atoms with E-state index in [-0.39, 0.29) is 5.91 Å². The highest BCUT2D eigenvalue weighted by Gasteiger charge is 2.21. The van der Waals surface area contributed by atoms with Gasteiger partial charge in [0.1, 0.15) is 0 Å². The number of nitrogens with zero attached hydrogens (tertiary/aromatic N) is 2. The highest BCUT2D eigenvalue weighted by molar-refractivity contribution is 5.88. The summed E-state index contributed by atoms with van der Waals surface area (Å²) in [7, 11) is 0. The summed E-state index contributed by atoms with van der Waals surface area (Å²) in [6.45, 7) is 1.51. The van der Waals surface area contributed by atoms with Crippen LogP contribution in [0.3, 0.4) is 0 Å². The Kier molecular flexibility index (Phi) is 4.48. The van der Waals surface area contributed by atoms with Crippen molar-refractivity contribution in [2.75, 3.05) is 5.32 Å². The summed E-state index contributed by atoms with van der Waals surface area (Å²) >= 11 is 0. The second-order valence-corrected chi connectivity index (χ2v) is 6.64. The second kappa shape index (κ2) is 7.08. The van der Waals surface area contributed by atoms with Crippen LogP contribution in [0.25, 0.3) is 11.3 Å². The van der Waals surface area contributed by atoms with Crippen LogP contribution in [0.2, 0.25) is 0 Å². The van der Waals surface area contributed by atoms with Crippen LogP contribution in [0.4, 0.5) is 5.82 Å². The van der Waals surface area contributed by atoms with E-state index in [9.17, 15) is 4.79 Å². The minimum atomic E-state index is -0.114. The Labute approximate surface area is 153 Å². The lowest BCUT2D eigenvalue weighted by atomic mass is 9.91. The van der Waals surface area contributed by atoms with E-state index in [1.54, 1.807) is 0 Å². The highest BCUT2D eigenvalue weighted by atomic mass is 16.1. The lowest BCUT2D eigenvalue weighted by Gasteiger charge is -2.20. The van der Waals surface area contributed by atoms with Gasteiger partial charge in [-0.15, -0.1) is 0 Å². The number of carbonyl (C=O) groups is 1. The van der Waals surface area contributed by atoms with Gasteiger partial charge in [0.2, 0.25) is 5.91 Å². The summed E-state index contributed by atoms with van der Waals surface area (Å²) in [5, 5.41) is 2.87. The van der Waals surface area contributed by atoms with Crippen LogP contribution in [0.15, 0.2) is 54.6 Å². The van der Waals surface area contributed by atoms with Gasteiger partial charge in [-0.25, -0.2) is 9.97 Å². The van der Waals surface area contributed by atoms with Crippen LogP contribution in [-0.4, -0.2) is 15.9 Å². The molecule has 0 bridgehead atoms. The fourth-order valence-corrected chi connectivity index (χ4v) is 3.47. The number of aryl methyl sites for hydroxylation is 4. The zero-order valence-corrected chi connectivity index (χ0v) is 14.8. The fourth-order valence-electron chi connectivity index (χ4n) is 3.47. The first-order valence-corrected chi connectivity index (χ1v) is 9.00. The minimum Gasteiger partial charge on any atom is -0.309 e. The molecule has 0 spiro atoms. The van der Waals surface area contributed by atoms with Gasteiger partial charge in [0.05, 0.1) is 17.1 Å². The molecule has 1 aliphatic rings. The predicted molar refractivity (Wildman–Crippen MR) is 103 cm³/mol. The van der Waals surface area contributed by atoms with Gasteiger partial charge in [-0.1, -0.05) is 54.6 Å². The number of hydrogen-bond donors (Lipinski definition) is 1. The van der Waals surface area contributed by atoms with Crippen molar-refractivity contribution in [3.05, 3.63) is 77.1 Å². The molecule has 1 aliphatic carbocycles. The van der Waals surface area contributed by atoms with E-state index in [0.717, 1.165) is 48.3 Å². The van der Waals surface area contributed by atoms with Gasteiger partial charge in [0.15, 0.2) is 5.82 Å². The number of aromatic nitrogens is 2. The molecule has 1 amide bonds. The van der Waals surface area contributed by atoms with Gasteiger partial charge >= 0.3 is 0 Å². The van der Waals surface area contributed by atoms with Crippen LogP contribution < -0.4 is 5.32 Å². The van der Waals surface area contributed by atoms with Crippen LogP contribution in [0.1, 0.15) is 29.4 Å². The molecule has 3 aromatic rings. The first-order chi connectivity index (χ1) is 12.7. The Balaban J connectivity index is 1.72. The van der Waals surface area contributed by atoms with Crippen molar-refractivity contribution >= 4 is 11.7 Å². The maximum absolute atomic E-state index is 11.6. The lowest BCUT2D eigenvalue weighted by Crippen LogP contribution is -2.16. The minimum absolute atomic E-state index is 0.114. The third kappa shape index (κ3) is 3.36. The largest absolute Gasteiger partial charge is 0.309 e. The molecule has 0 unspecified atom stereocenters. The van der Waals surface area contributed by atoms with Crippen molar-refractivity contribution in [1.29, 1.82) is 0 Å². The number of anilines is 1. The summed E-state index contributed by atoms with van der Waals surface area (Å²) in [6.07, 6.45) is 3.41. The summed E-state index contributed by atoms with van der Waals surface area (Å²) in [5.41, 5.74) is 6.51. The normalized spacial score (nSPS) is 12.2. The number of fused-ring (bicyclic) bond motifs is 3. The quantitative estimate of drug-likeness (QED) is 0.779. The average Bonchev–Trinajstić information content (AvgIpc) is 2.66. The molecule has 4 nitrogen and oxygen atoms in total. The Morgan fingerprint density at radius 3 is 2.54 bits per heavy atom. The summed E-state index contributed by atoms with van der Waals surface area (Å²) < 4.78 is 0. The van der Waals surface area contributed by atoms with E-state index < -0.39 is 0 Å².